The maximum atomic E-state index is 12.9. The lowest BCUT2D eigenvalue weighted by molar-refractivity contribution is -0.169. The van der Waals surface area contributed by atoms with Crippen molar-refractivity contribution in [1.82, 2.24) is 4.90 Å². The second-order valence-corrected chi connectivity index (χ2v) is 13.4. The third-order valence-corrected chi connectivity index (χ3v) is 11.8. The molecule has 1 unspecified atom stereocenters. The molecule has 2 N–H and O–H groups in total. The van der Waals surface area contributed by atoms with E-state index in [9.17, 15) is 19.8 Å². The second-order valence-electron chi connectivity index (χ2n) is 13.4. The molecule has 0 bridgehead atoms. The van der Waals surface area contributed by atoms with E-state index < -0.39 is 17.5 Å². The molecule has 0 aromatic rings. The van der Waals surface area contributed by atoms with Crippen molar-refractivity contribution in [3.8, 4) is 0 Å². The Bertz CT molecular complexity index is 907. The van der Waals surface area contributed by atoms with Crippen molar-refractivity contribution in [3.05, 3.63) is 11.6 Å². The number of allylic oxidation sites excluding steroid dienone is 1. The number of aliphatic hydroxyl groups is 2. The minimum absolute atomic E-state index is 0.128. The first kappa shape index (κ1) is 26.2. The third kappa shape index (κ3) is 4.24. The van der Waals surface area contributed by atoms with Gasteiger partial charge in [-0.1, -0.05) is 32.4 Å². The van der Waals surface area contributed by atoms with E-state index in [0.717, 1.165) is 38.5 Å². The SMILES string of the molecule is CCC1(O)CCN(C(=O)C(=O)OC(C)[C@H]2CC[C@H]3[C@@H]4CC=C5C[C@@H](O)CC[C@]5(C)[C@H]4CC[C@]23C)CC1. The van der Waals surface area contributed by atoms with Gasteiger partial charge in [-0.2, -0.15) is 0 Å². The topological polar surface area (TPSA) is 87.1 Å². The molecular formula is C30H47NO5. The van der Waals surface area contributed by atoms with Crippen molar-refractivity contribution in [2.24, 2.45) is 34.5 Å². The fourth-order valence-corrected chi connectivity index (χ4v) is 9.36. The van der Waals surface area contributed by atoms with E-state index in [1.807, 2.05) is 13.8 Å². The van der Waals surface area contributed by atoms with E-state index in [-0.39, 0.29) is 29.0 Å². The van der Waals surface area contributed by atoms with E-state index in [1.54, 1.807) is 4.90 Å². The summed E-state index contributed by atoms with van der Waals surface area (Å²) in [7, 11) is 0. The average Bonchev–Trinajstić information content (AvgIpc) is 3.22. The number of ether oxygens (including phenoxy) is 1. The van der Waals surface area contributed by atoms with Crippen LogP contribution in [-0.2, 0) is 14.3 Å². The molecule has 6 nitrogen and oxygen atoms in total. The minimum atomic E-state index is -0.733. The highest BCUT2D eigenvalue weighted by atomic mass is 16.5. The van der Waals surface area contributed by atoms with E-state index in [4.69, 9.17) is 4.74 Å². The van der Waals surface area contributed by atoms with Gasteiger partial charge in [0.2, 0.25) is 0 Å². The Kier molecular flexibility index (Phi) is 6.85. The Labute approximate surface area is 216 Å². The number of nitrogens with zero attached hydrogens (tertiary/aromatic N) is 1. The maximum Gasteiger partial charge on any atom is 0.397 e. The first-order chi connectivity index (χ1) is 17.0. The van der Waals surface area contributed by atoms with Gasteiger partial charge in [-0.15, -0.1) is 0 Å². The Morgan fingerprint density at radius 1 is 1.08 bits per heavy atom. The lowest BCUT2D eigenvalue weighted by atomic mass is 9.47. The van der Waals surface area contributed by atoms with Crippen LogP contribution in [0.25, 0.3) is 0 Å². The number of esters is 1. The van der Waals surface area contributed by atoms with E-state index >= 15 is 0 Å². The number of fused-ring (bicyclic) bond motifs is 5. The fraction of sp³-hybridized carbons (Fsp3) is 0.867. The number of carbonyl (C=O) groups excluding carboxylic acids is 2. The highest BCUT2D eigenvalue weighted by molar-refractivity contribution is 6.32. The molecule has 1 aliphatic heterocycles. The van der Waals surface area contributed by atoms with Gasteiger partial charge in [0, 0.05) is 19.0 Å². The van der Waals surface area contributed by atoms with Gasteiger partial charge in [-0.25, -0.2) is 4.79 Å². The predicted molar refractivity (Wildman–Crippen MR) is 138 cm³/mol. The molecule has 1 saturated heterocycles. The summed E-state index contributed by atoms with van der Waals surface area (Å²) in [4.78, 5) is 27.2. The Hall–Kier alpha value is -1.40. The summed E-state index contributed by atoms with van der Waals surface area (Å²) in [5.74, 6) is 0.950. The monoisotopic (exact) mass is 501 g/mol. The molecular weight excluding hydrogens is 454 g/mol. The molecule has 3 saturated carbocycles. The van der Waals surface area contributed by atoms with E-state index in [2.05, 4.69) is 19.9 Å². The van der Waals surface area contributed by atoms with Crippen LogP contribution in [-0.4, -0.2) is 57.9 Å². The minimum Gasteiger partial charge on any atom is -0.455 e. The van der Waals surface area contributed by atoms with Crippen molar-refractivity contribution in [3.63, 3.8) is 0 Å². The van der Waals surface area contributed by atoms with Gasteiger partial charge >= 0.3 is 11.9 Å². The number of carbonyl (C=O) groups is 2. The van der Waals surface area contributed by atoms with Crippen LogP contribution >= 0.6 is 0 Å². The molecule has 4 fully saturated rings. The largest absolute Gasteiger partial charge is 0.455 e. The van der Waals surface area contributed by atoms with Crippen LogP contribution in [0.4, 0.5) is 0 Å². The standard InChI is InChI=1S/C30H47NO5/c1-5-30(35)14-16-31(17-15-30)26(33)27(34)36-19(2)23-8-9-24-22-7-6-20-18-21(32)10-12-28(20,3)25(22)11-13-29(23,24)4/h6,19,21-25,32,35H,5,7-18H2,1-4H3/t19?,21-,22-,23+,24-,25-,28-,29+/m0/s1. The molecule has 4 aliphatic carbocycles. The summed E-state index contributed by atoms with van der Waals surface area (Å²) in [6, 6.07) is 0. The van der Waals surface area contributed by atoms with Gasteiger partial charge in [0.25, 0.3) is 0 Å². The highest BCUT2D eigenvalue weighted by Gasteiger charge is 2.59. The average molecular weight is 502 g/mol. The van der Waals surface area contributed by atoms with Crippen molar-refractivity contribution in [2.75, 3.05) is 13.1 Å². The summed E-state index contributed by atoms with van der Waals surface area (Å²) in [5, 5.41) is 20.7. The van der Waals surface area contributed by atoms with Gasteiger partial charge in [0.15, 0.2) is 0 Å². The number of aliphatic hydroxyl groups excluding tert-OH is 1. The van der Waals surface area contributed by atoms with Crippen LogP contribution in [0, 0.1) is 34.5 Å². The quantitative estimate of drug-likeness (QED) is 0.335. The molecule has 36 heavy (non-hydrogen) atoms. The summed E-state index contributed by atoms with van der Waals surface area (Å²) in [5.41, 5.74) is 1.13. The zero-order valence-electron chi connectivity index (χ0n) is 22.8. The molecule has 0 spiro atoms. The van der Waals surface area contributed by atoms with E-state index in [0.29, 0.717) is 50.1 Å². The zero-order chi connectivity index (χ0) is 25.9. The van der Waals surface area contributed by atoms with Crippen LogP contribution in [0.15, 0.2) is 11.6 Å². The Balaban J connectivity index is 1.23. The van der Waals surface area contributed by atoms with Crippen molar-refractivity contribution >= 4 is 11.9 Å². The predicted octanol–water partition coefficient (Wildman–Crippen LogP) is 4.62. The number of likely N-dealkylation sites (tertiary alicyclic amines) is 1. The summed E-state index contributed by atoms with van der Waals surface area (Å²) < 4.78 is 5.86. The van der Waals surface area contributed by atoms with Crippen LogP contribution in [0.2, 0.25) is 0 Å². The van der Waals surface area contributed by atoms with Crippen LogP contribution in [0.1, 0.15) is 98.3 Å². The molecule has 8 atom stereocenters. The summed E-state index contributed by atoms with van der Waals surface area (Å²) >= 11 is 0. The van der Waals surface area contributed by atoms with Crippen molar-refractivity contribution in [2.45, 2.75) is 116 Å². The molecule has 5 rings (SSSR count). The number of rotatable bonds is 3. The number of hydrogen-bond donors (Lipinski definition) is 2. The van der Waals surface area contributed by atoms with Crippen LogP contribution in [0.3, 0.4) is 0 Å². The molecule has 5 aliphatic rings. The normalized spacial score (nSPS) is 42.4. The smallest absolute Gasteiger partial charge is 0.397 e. The molecule has 6 heteroatoms. The van der Waals surface area contributed by atoms with Gasteiger partial charge in [-0.3, -0.25) is 4.79 Å². The lowest BCUT2D eigenvalue weighted by Gasteiger charge is -2.58. The van der Waals surface area contributed by atoms with Gasteiger partial charge in [0.05, 0.1) is 11.7 Å². The fourth-order valence-electron chi connectivity index (χ4n) is 9.36. The van der Waals surface area contributed by atoms with Crippen molar-refractivity contribution < 1.29 is 24.5 Å². The highest BCUT2D eigenvalue weighted by Crippen LogP contribution is 2.66. The maximum absolute atomic E-state index is 12.9. The molecule has 1 amide bonds. The second kappa shape index (κ2) is 9.41. The van der Waals surface area contributed by atoms with Gasteiger partial charge < -0.3 is 19.8 Å². The first-order valence-electron chi connectivity index (χ1n) is 14.6. The lowest BCUT2D eigenvalue weighted by Crippen LogP contribution is -2.52. The molecule has 0 radical (unpaired) electrons. The van der Waals surface area contributed by atoms with Gasteiger partial charge in [0.1, 0.15) is 6.10 Å². The third-order valence-electron chi connectivity index (χ3n) is 11.8. The van der Waals surface area contributed by atoms with Crippen LogP contribution < -0.4 is 0 Å². The number of piperidine rings is 1. The Morgan fingerprint density at radius 2 is 1.81 bits per heavy atom. The van der Waals surface area contributed by atoms with E-state index in [1.165, 1.54) is 18.4 Å². The molecule has 1 heterocycles. The number of amides is 1. The summed E-state index contributed by atoms with van der Waals surface area (Å²) in [6.07, 6.45) is 12.2. The zero-order valence-corrected chi connectivity index (χ0v) is 22.8. The first-order valence-corrected chi connectivity index (χ1v) is 14.6. The molecule has 202 valence electrons. The summed E-state index contributed by atoms with van der Waals surface area (Å²) in [6.45, 7) is 9.63. The molecule has 0 aromatic carbocycles. The van der Waals surface area contributed by atoms with Crippen molar-refractivity contribution in [1.29, 1.82) is 0 Å². The van der Waals surface area contributed by atoms with Crippen LogP contribution in [0.5, 0.6) is 0 Å². The van der Waals surface area contributed by atoms with Gasteiger partial charge in [-0.05, 0) is 106 Å². The molecule has 0 aromatic heterocycles. The Morgan fingerprint density at radius 3 is 2.50 bits per heavy atom. The number of hydrogen-bond acceptors (Lipinski definition) is 5.